The first-order chi connectivity index (χ1) is 6.83. The van der Waals surface area contributed by atoms with Gasteiger partial charge in [-0.2, -0.15) is 0 Å². The standard InChI is InChI=1S/C11H13BrO2/c12-8-6-11(13)14-9-7-10-4-2-1-3-5-10/h1-5H,6-9H2. The van der Waals surface area contributed by atoms with Gasteiger partial charge in [0, 0.05) is 11.8 Å². The highest BCUT2D eigenvalue weighted by Crippen LogP contribution is 2.00. The number of hydrogen-bond donors (Lipinski definition) is 0. The summed E-state index contributed by atoms with van der Waals surface area (Å²) >= 11 is 3.19. The van der Waals surface area contributed by atoms with Crippen LogP contribution in [0.4, 0.5) is 0 Å². The number of carbonyl (C=O) groups is 1. The van der Waals surface area contributed by atoms with E-state index in [-0.39, 0.29) is 5.97 Å². The Hall–Kier alpha value is -0.830. The van der Waals surface area contributed by atoms with Crippen LogP contribution in [0, 0.1) is 0 Å². The molecule has 1 rings (SSSR count). The molecule has 0 aliphatic rings. The van der Waals surface area contributed by atoms with Gasteiger partial charge >= 0.3 is 5.97 Å². The summed E-state index contributed by atoms with van der Waals surface area (Å²) in [5.41, 5.74) is 1.19. The highest BCUT2D eigenvalue weighted by atomic mass is 79.9. The molecule has 0 saturated heterocycles. The Morgan fingerprint density at radius 3 is 2.64 bits per heavy atom. The van der Waals surface area contributed by atoms with Crippen LogP contribution >= 0.6 is 15.9 Å². The molecule has 3 heteroatoms. The summed E-state index contributed by atoms with van der Waals surface area (Å²) in [4.78, 5) is 11.0. The Kier molecular flexibility index (Phi) is 5.30. The van der Waals surface area contributed by atoms with Crippen molar-refractivity contribution in [1.29, 1.82) is 0 Å². The number of hydrogen-bond acceptors (Lipinski definition) is 2. The Balaban J connectivity index is 2.19. The van der Waals surface area contributed by atoms with Gasteiger partial charge in [-0.15, -0.1) is 0 Å². The molecule has 0 N–H and O–H groups in total. The van der Waals surface area contributed by atoms with Gasteiger partial charge in [-0.1, -0.05) is 46.3 Å². The molecule has 2 nitrogen and oxygen atoms in total. The zero-order valence-electron chi connectivity index (χ0n) is 7.91. The number of ether oxygens (including phenoxy) is 1. The minimum absolute atomic E-state index is 0.141. The van der Waals surface area contributed by atoms with Crippen molar-refractivity contribution in [1.82, 2.24) is 0 Å². The van der Waals surface area contributed by atoms with E-state index in [1.54, 1.807) is 0 Å². The van der Waals surface area contributed by atoms with Gasteiger partial charge in [-0.3, -0.25) is 4.79 Å². The number of alkyl halides is 1. The van der Waals surface area contributed by atoms with E-state index in [0.29, 0.717) is 18.4 Å². The molecule has 0 aromatic heterocycles. The Morgan fingerprint density at radius 2 is 2.00 bits per heavy atom. The van der Waals surface area contributed by atoms with Crippen molar-refractivity contribution in [3.63, 3.8) is 0 Å². The Labute approximate surface area is 92.4 Å². The van der Waals surface area contributed by atoms with Crippen LogP contribution < -0.4 is 0 Å². The summed E-state index contributed by atoms with van der Waals surface area (Å²) in [7, 11) is 0. The predicted octanol–water partition coefficient (Wildman–Crippen LogP) is 2.56. The molecule has 0 bridgehead atoms. The normalized spacial score (nSPS) is 9.79. The molecule has 14 heavy (non-hydrogen) atoms. The van der Waals surface area contributed by atoms with Crippen LogP contribution in [0.1, 0.15) is 12.0 Å². The molecular formula is C11H13BrO2. The molecule has 1 aromatic carbocycles. The van der Waals surface area contributed by atoms with Gasteiger partial charge in [-0.25, -0.2) is 0 Å². The third-order valence-corrected chi connectivity index (χ3v) is 2.19. The first-order valence-electron chi connectivity index (χ1n) is 4.58. The largest absolute Gasteiger partial charge is 0.465 e. The lowest BCUT2D eigenvalue weighted by atomic mass is 10.2. The number of esters is 1. The van der Waals surface area contributed by atoms with Gasteiger partial charge in [0.25, 0.3) is 0 Å². The zero-order valence-corrected chi connectivity index (χ0v) is 9.50. The minimum Gasteiger partial charge on any atom is -0.465 e. The minimum atomic E-state index is -0.141. The molecular weight excluding hydrogens is 244 g/mol. The van der Waals surface area contributed by atoms with E-state index < -0.39 is 0 Å². The molecule has 0 saturated carbocycles. The van der Waals surface area contributed by atoms with Crippen LogP contribution in [0.25, 0.3) is 0 Å². The van der Waals surface area contributed by atoms with E-state index in [9.17, 15) is 4.79 Å². The maximum Gasteiger partial charge on any atom is 0.306 e. The molecule has 76 valence electrons. The summed E-state index contributed by atoms with van der Waals surface area (Å²) in [6, 6.07) is 9.99. The third kappa shape index (κ3) is 4.42. The van der Waals surface area contributed by atoms with Crippen LogP contribution in [0.3, 0.4) is 0 Å². The number of halogens is 1. The molecule has 0 atom stereocenters. The first-order valence-corrected chi connectivity index (χ1v) is 5.70. The van der Waals surface area contributed by atoms with Crippen LogP contribution in [-0.2, 0) is 16.0 Å². The third-order valence-electron chi connectivity index (χ3n) is 1.80. The van der Waals surface area contributed by atoms with E-state index in [1.807, 2.05) is 30.3 Å². The smallest absolute Gasteiger partial charge is 0.306 e. The molecule has 0 heterocycles. The zero-order chi connectivity index (χ0) is 10.2. The van der Waals surface area contributed by atoms with E-state index in [1.165, 1.54) is 5.56 Å². The monoisotopic (exact) mass is 256 g/mol. The lowest BCUT2D eigenvalue weighted by molar-refractivity contribution is -0.142. The fourth-order valence-electron chi connectivity index (χ4n) is 1.08. The van der Waals surface area contributed by atoms with Gasteiger partial charge in [0.2, 0.25) is 0 Å². The second-order valence-electron chi connectivity index (χ2n) is 2.90. The summed E-state index contributed by atoms with van der Waals surface area (Å²) in [5.74, 6) is -0.141. The van der Waals surface area contributed by atoms with Gasteiger partial charge < -0.3 is 4.74 Å². The molecule has 0 radical (unpaired) electrons. The summed E-state index contributed by atoms with van der Waals surface area (Å²) in [6.45, 7) is 0.468. The van der Waals surface area contributed by atoms with Crippen molar-refractivity contribution in [3.05, 3.63) is 35.9 Å². The maximum atomic E-state index is 11.0. The quantitative estimate of drug-likeness (QED) is 0.598. The van der Waals surface area contributed by atoms with Crippen molar-refractivity contribution in [2.24, 2.45) is 0 Å². The van der Waals surface area contributed by atoms with E-state index in [4.69, 9.17) is 4.74 Å². The first kappa shape index (κ1) is 11.2. The van der Waals surface area contributed by atoms with Crippen molar-refractivity contribution in [3.8, 4) is 0 Å². The lowest BCUT2D eigenvalue weighted by Gasteiger charge is -2.03. The highest BCUT2D eigenvalue weighted by Gasteiger charge is 2.00. The number of benzene rings is 1. The van der Waals surface area contributed by atoms with Crippen LogP contribution in [0.15, 0.2) is 30.3 Å². The van der Waals surface area contributed by atoms with Gasteiger partial charge in [0.05, 0.1) is 13.0 Å². The van der Waals surface area contributed by atoms with Crippen molar-refractivity contribution >= 4 is 21.9 Å². The fraction of sp³-hybridized carbons (Fsp3) is 0.364. The highest BCUT2D eigenvalue weighted by molar-refractivity contribution is 9.09. The number of rotatable bonds is 5. The van der Waals surface area contributed by atoms with Gasteiger partial charge in [-0.05, 0) is 5.56 Å². The second kappa shape index (κ2) is 6.60. The second-order valence-corrected chi connectivity index (χ2v) is 3.69. The summed E-state index contributed by atoms with van der Waals surface area (Å²) < 4.78 is 5.02. The lowest BCUT2D eigenvalue weighted by Crippen LogP contribution is -2.07. The average Bonchev–Trinajstić information content (AvgIpc) is 2.20. The van der Waals surface area contributed by atoms with Crippen molar-refractivity contribution < 1.29 is 9.53 Å². The topological polar surface area (TPSA) is 26.3 Å². The molecule has 0 aliphatic carbocycles. The molecule has 0 fully saturated rings. The van der Waals surface area contributed by atoms with Crippen LogP contribution in [0.2, 0.25) is 0 Å². The van der Waals surface area contributed by atoms with Crippen LogP contribution in [-0.4, -0.2) is 17.9 Å². The van der Waals surface area contributed by atoms with Gasteiger partial charge in [0.1, 0.15) is 0 Å². The van der Waals surface area contributed by atoms with Crippen LogP contribution in [0.5, 0.6) is 0 Å². The summed E-state index contributed by atoms with van der Waals surface area (Å²) in [5, 5.41) is 0.664. The maximum absolute atomic E-state index is 11.0. The van der Waals surface area contributed by atoms with Crippen molar-refractivity contribution in [2.75, 3.05) is 11.9 Å². The summed E-state index contributed by atoms with van der Waals surface area (Å²) in [6.07, 6.45) is 1.23. The average molecular weight is 257 g/mol. The van der Waals surface area contributed by atoms with Crippen molar-refractivity contribution in [2.45, 2.75) is 12.8 Å². The SMILES string of the molecule is O=C(CCBr)OCCc1ccccc1. The Morgan fingerprint density at radius 1 is 1.29 bits per heavy atom. The van der Waals surface area contributed by atoms with E-state index in [0.717, 1.165) is 6.42 Å². The molecule has 0 aliphatic heterocycles. The van der Waals surface area contributed by atoms with E-state index in [2.05, 4.69) is 15.9 Å². The number of carbonyl (C=O) groups excluding carboxylic acids is 1. The molecule has 0 unspecified atom stereocenters. The molecule has 1 aromatic rings. The van der Waals surface area contributed by atoms with E-state index >= 15 is 0 Å². The molecule has 0 spiro atoms. The predicted molar refractivity (Wildman–Crippen MR) is 59.5 cm³/mol. The molecule has 0 amide bonds. The fourth-order valence-corrected chi connectivity index (χ4v) is 1.40. The Bertz CT molecular complexity index is 272. The van der Waals surface area contributed by atoms with Gasteiger partial charge in [0.15, 0.2) is 0 Å².